The normalized spacial score (nSPS) is 15.5. The lowest BCUT2D eigenvalue weighted by molar-refractivity contribution is 0.264. The molecule has 299 valence electrons. The van der Waals surface area contributed by atoms with Crippen LogP contribution in [0.2, 0.25) is 0 Å². The summed E-state index contributed by atoms with van der Waals surface area (Å²) in [6.07, 6.45) is 50.7. The van der Waals surface area contributed by atoms with Gasteiger partial charge in [0.1, 0.15) is 0 Å². The highest BCUT2D eigenvalue weighted by Gasteiger charge is 2.36. The largest absolute Gasteiger partial charge is 0.358 e. The van der Waals surface area contributed by atoms with E-state index in [2.05, 4.69) is 90.2 Å². The number of anilines is 1. The number of aryl methyl sites for hydroxylation is 1. The number of hydrogen-bond donors (Lipinski definition) is 1. The second-order valence-corrected chi connectivity index (χ2v) is 18.2. The molecular formula is C51H90N. The van der Waals surface area contributed by atoms with Crippen LogP contribution in [0.4, 0.5) is 5.69 Å². The molecule has 1 atom stereocenters. The van der Waals surface area contributed by atoms with Gasteiger partial charge in [-0.25, -0.2) is 0 Å². The van der Waals surface area contributed by atoms with Gasteiger partial charge in [0.05, 0.1) is 0 Å². The van der Waals surface area contributed by atoms with E-state index in [1.807, 2.05) is 0 Å². The van der Waals surface area contributed by atoms with Crippen molar-refractivity contribution in [3.8, 4) is 0 Å². The Morgan fingerprint density at radius 3 is 1.44 bits per heavy atom. The fourth-order valence-corrected chi connectivity index (χ4v) is 8.53. The molecule has 0 spiro atoms. The molecule has 0 aliphatic carbocycles. The van der Waals surface area contributed by atoms with E-state index >= 15 is 0 Å². The van der Waals surface area contributed by atoms with Gasteiger partial charge in [-0.1, -0.05) is 246 Å². The first-order valence-electron chi connectivity index (χ1n) is 23.4. The van der Waals surface area contributed by atoms with Crippen LogP contribution in [0.5, 0.6) is 0 Å². The minimum absolute atomic E-state index is 0.00609. The maximum Gasteiger partial charge on any atom is 0.0426 e. The van der Waals surface area contributed by atoms with Gasteiger partial charge in [0.2, 0.25) is 0 Å². The molecule has 0 saturated heterocycles. The highest BCUT2D eigenvalue weighted by atomic mass is 15.0. The maximum absolute atomic E-state index is 4.60. The zero-order chi connectivity index (χ0) is 37.8. The molecule has 1 aromatic rings. The quantitative estimate of drug-likeness (QED) is 0.0700. The Balaban J connectivity index is 1.62. The van der Waals surface area contributed by atoms with Crippen molar-refractivity contribution < 1.29 is 0 Å². The van der Waals surface area contributed by atoms with E-state index in [0.29, 0.717) is 5.92 Å². The number of allylic oxidation sites excluding steroid dienone is 4. The summed E-state index contributed by atoms with van der Waals surface area (Å²) in [5.74, 6) is 0.319. The monoisotopic (exact) mass is 717 g/mol. The fraction of sp³-hybridized carbons (Fsp3) is 0.784. The van der Waals surface area contributed by atoms with Gasteiger partial charge in [-0.3, -0.25) is 0 Å². The molecule has 1 N–H and O–H groups in total. The maximum atomic E-state index is 4.60. The van der Waals surface area contributed by atoms with Crippen molar-refractivity contribution in [2.75, 3.05) is 5.32 Å². The molecule has 1 aromatic carbocycles. The lowest BCUT2D eigenvalue weighted by Gasteiger charge is -2.30. The van der Waals surface area contributed by atoms with Gasteiger partial charge in [-0.05, 0) is 60.8 Å². The number of fused-ring (bicyclic) bond motifs is 1. The molecule has 1 heteroatoms. The van der Waals surface area contributed by atoms with Gasteiger partial charge < -0.3 is 5.32 Å². The Morgan fingerprint density at radius 1 is 0.596 bits per heavy atom. The lowest BCUT2D eigenvalue weighted by atomic mass is 9.75. The van der Waals surface area contributed by atoms with Gasteiger partial charge >= 0.3 is 0 Å². The van der Waals surface area contributed by atoms with Gasteiger partial charge in [0.15, 0.2) is 0 Å². The standard InChI is InChI=1S/C51H90N/c1-8-10-12-14-16-18-20-22-23-24-25-27-29-31-33-35-40-46-41-38-42-47-49(46)51(6,7)48(52-47)43-37-39-45(3)50(4,5)44-36-34-32-30-28-26-21-19-17-15-13-11-9-2/h37-39,41-43,45,52H,3,8-36,40,44H2,1-2,4-7H3. The Hall–Kier alpha value is -1.50. The van der Waals surface area contributed by atoms with Gasteiger partial charge in [0.25, 0.3) is 0 Å². The SMILES string of the molecule is [CH2]C(C=CC=C1Nc2cccc(CCCCCCCCCCCCCCCCCC)c2C1(C)C)C(C)(C)CCCCCCCCCCCCCCC. The highest BCUT2D eigenvalue weighted by molar-refractivity contribution is 5.70. The summed E-state index contributed by atoms with van der Waals surface area (Å²) in [6.45, 7) is 18.9. The van der Waals surface area contributed by atoms with Crippen LogP contribution < -0.4 is 5.32 Å². The molecule has 1 radical (unpaired) electrons. The third-order valence-corrected chi connectivity index (χ3v) is 12.6. The van der Waals surface area contributed by atoms with E-state index in [-0.39, 0.29) is 10.8 Å². The number of benzene rings is 1. The summed E-state index contributed by atoms with van der Waals surface area (Å²) >= 11 is 0. The number of rotatable bonds is 34. The Bertz CT molecular complexity index is 1060. The Labute approximate surface area is 327 Å². The fourth-order valence-electron chi connectivity index (χ4n) is 8.53. The van der Waals surface area contributed by atoms with Crippen LogP contribution in [0.1, 0.15) is 245 Å². The minimum Gasteiger partial charge on any atom is -0.358 e. The molecule has 0 amide bonds. The third-order valence-electron chi connectivity index (χ3n) is 12.6. The van der Waals surface area contributed by atoms with Gasteiger partial charge in [0, 0.05) is 16.8 Å². The van der Waals surface area contributed by atoms with Crippen molar-refractivity contribution in [2.45, 2.75) is 246 Å². The molecule has 1 aliphatic rings. The van der Waals surface area contributed by atoms with Crippen LogP contribution in [0.25, 0.3) is 0 Å². The average molecular weight is 717 g/mol. The number of hydrogen-bond acceptors (Lipinski definition) is 1. The molecule has 0 aromatic heterocycles. The van der Waals surface area contributed by atoms with Crippen molar-refractivity contribution >= 4 is 5.69 Å². The second-order valence-electron chi connectivity index (χ2n) is 18.2. The van der Waals surface area contributed by atoms with Crippen LogP contribution in [-0.2, 0) is 11.8 Å². The smallest absolute Gasteiger partial charge is 0.0426 e. The van der Waals surface area contributed by atoms with Gasteiger partial charge in [-0.15, -0.1) is 0 Å². The van der Waals surface area contributed by atoms with Gasteiger partial charge in [-0.2, -0.15) is 0 Å². The van der Waals surface area contributed by atoms with Crippen LogP contribution in [-0.4, -0.2) is 0 Å². The first kappa shape index (κ1) is 46.7. The highest BCUT2D eigenvalue weighted by Crippen LogP contribution is 2.45. The minimum atomic E-state index is 0.00609. The summed E-state index contributed by atoms with van der Waals surface area (Å²) < 4.78 is 0. The summed E-state index contributed by atoms with van der Waals surface area (Å²) in [7, 11) is 0. The van der Waals surface area contributed by atoms with Crippen molar-refractivity contribution in [1.82, 2.24) is 0 Å². The van der Waals surface area contributed by atoms with Crippen molar-refractivity contribution in [1.29, 1.82) is 0 Å². The zero-order valence-corrected chi connectivity index (χ0v) is 36.2. The molecule has 2 rings (SSSR count). The first-order chi connectivity index (χ1) is 25.2. The van der Waals surface area contributed by atoms with Crippen LogP contribution >= 0.6 is 0 Å². The predicted octanol–water partition coefficient (Wildman–Crippen LogP) is 17.6. The first-order valence-corrected chi connectivity index (χ1v) is 23.4. The topological polar surface area (TPSA) is 12.0 Å². The average Bonchev–Trinajstić information content (AvgIpc) is 3.39. The van der Waals surface area contributed by atoms with Crippen LogP contribution in [0.15, 0.2) is 42.1 Å². The lowest BCUT2D eigenvalue weighted by Crippen LogP contribution is -2.20. The van der Waals surface area contributed by atoms with Crippen molar-refractivity contribution in [2.24, 2.45) is 11.3 Å². The summed E-state index contributed by atoms with van der Waals surface area (Å²) in [5, 5.41) is 3.80. The zero-order valence-electron chi connectivity index (χ0n) is 36.2. The molecule has 1 nitrogen and oxygen atoms in total. The Morgan fingerprint density at radius 2 is 1.00 bits per heavy atom. The number of nitrogens with one attached hydrogen (secondary N) is 1. The molecule has 1 heterocycles. The second kappa shape index (κ2) is 28.9. The number of unbranched alkanes of at least 4 members (excludes halogenated alkanes) is 27. The summed E-state index contributed by atoms with van der Waals surface area (Å²) in [6, 6.07) is 6.92. The molecule has 0 fully saturated rings. The summed E-state index contributed by atoms with van der Waals surface area (Å²) in [5.41, 5.74) is 5.93. The molecule has 0 bridgehead atoms. The Kier molecular flexibility index (Phi) is 25.9. The predicted molar refractivity (Wildman–Crippen MR) is 237 cm³/mol. The van der Waals surface area contributed by atoms with E-state index in [0.717, 1.165) is 0 Å². The molecule has 0 saturated carbocycles. The summed E-state index contributed by atoms with van der Waals surface area (Å²) in [4.78, 5) is 0. The van der Waals surface area contributed by atoms with E-state index in [1.165, 1.54) is 216 Å². The van der Waals surface area contributed by atoms with Crippen LogP contribution in [0.3, 0.4) is 0 Å². The molecule has 52 heavy (non-hydrogen) atoms. The van der Waals surface area contributed by atoms with E-state index in [9.17, 15) is 0 Å². The van der Waals surface area contributed by atoms with E-state index in [4.69, 9.17) is 0 Å². The molecule has 1 unspecified atom stereocenters. The third kappa shape index (κ3) is 19.7. The van der Waals surface area contributed by atoms with E-state index < -0.39 is 0 Å². The van der Waals surface area contributed by atoms with Crippen LogP contribution in [0, 0.1) is 18.3 Å². The van der Waals surface area contributed by atoms with E-state index in [1.54, 1.807) is 5.56 Å². The molecular weight excluding hydrogens is 627 g/mol. The van der Waals surface area contributed by atoms with Crippen molar-refractivity contribution in [3.63, 3.8) is 0 Å². The van der Waals surface area contributed by atoms with Crippen molar-refractivity contribution in [3.05, 3.63) is 60.2 Å². The molecule has 1 aliphatic heterocycles.